The van der Waals surface area contributed by atoms with E-state index in [-0.39, 0.29) is 11.8 Å². The largest absolute Gasteiger partial charge is 0.352 e. The van der Waals surface area contributed by atoms with Crippen LogP contribution in [0.2, 0.25) is 5.15 Å². The average molecular weight is 325 g/mol. The molecule has 0 unspecified atom stereocenters. The van der Waals surface area contributed by atoms with Gasteiger partial charge >= 0.3 is 0 Å². The second-order valence-corrected chi connectivity index (χ2v) is 5.73. The Bertz CT molecular complexity index is 589. The zero-order valence-corrected chi connectivity index (χ0v) is 13.7. The summed E-state index contributed by atoms with van der Waals surface area (Å²) in [6.07, 6.45) is 5.54. The Hall–Kier alpha value is -1.82. The number of amides is 2. The minimum absolute atomic E-state index is 0.105. The highest BCUT2D eigenvalue weighted by Crippen LogP contribution is 2.19. The molecule has 6 nitrogen and oxygen atoms in total. The Morgan fingerprint density at radius 3 is 2.64 bits per heavy atom. The van der Waals surface area contributed by atoms with Crippen molar-refractivity contribution in [3.8, 4) is 0 Å². The number of aromatic nitrogens is 2. The van der Waals surface area contributed by atoms with Crippen molar-refractivity contribution in [3.63, 3.8) is 0 Å². The summed E-state index contributed by atoms with van der Waals surface area (Å²) >= 11 is 6.08. The number of hydrogen-bond acceptors (Lipinski definition) is 3. The van der Waals surface area contributed by atoms with Crippen LogP contribution in [0.15, 0.2) is 6.08 Å². The lowest BCUT2D eigenvalue weighted by molar-refractivity contribution is -0.130. The summed E-state index contributed by atoms with van der Waals surface area (Å²) in [5.41, 5.74) is 1.49. The molecule has 1 saturated heterocycles. The van der Waals surface area contributed by atoms with E-state index in [1.54, 1.807) is 17.8 Å². The van der Waals surface area contributed by atoms with Crippen molar-refractivity contribution in [1.29, 1.82) is 0 Å². The number of carbonyl (C=O) groups is 2. The van der Waals surface area contributed by atoms with Gasteiger partial charge in [-0.25, -0.2) is 0 Å². The molecule has 22 heavy (non-hydrogen) atoms. The van der Waals surface area contributed by atoms with E-state index in [2.05, 4.69) is 10.4 Å². The van der Waals surface area contributed by atoms with Crippen molar-refractivity contribution < 1.29 is 9.59 Å². The van der Waals surface area contributed by atoms with Gasteiger partial charge in [0, 0.05) is 44.7 Å². The maximum Gasteiger partial charge on any atom is 0.244 e. The van der Waals surface area contributed by atoms with Gasteiger partial charge in [-0.05, 0) is 25.8 Å². The molecule has 1 N–H and O–H groups in total. The van der Waals surface area contributed by atoms with Crippen LogP contribution in [0.3, 0.4) is 0 Å². The molecule has 0 aromatic carbocycles. The maximum atomic E-state index is 11.8. The number of rotatable bonds is 5. The average Bonchev–Trinajstić information content (AvgIpc) is 3.08. The molecule has 2 amide bonds. The highest BCUT2D eigenvalue weighted by molar-refractivity contribution is 6.31. The van der Waals surface area contributed by atoms with E-state index >= 15 is 0 Å². The van der Waals surface area contributed by atoms with Gasteiger partial charge < -0.3 is 10.2 Å². The Kier molecular flexibility index (Phi) is 5.60. The summed E-state index contributed by atoms with van der Waals surface area (Å²) in [4.78, 5) is 25.4. The lowest BCUT2D eigenvalue weighted by Crippen LogP contribution is -2.32. The minimum Gasteiger partial charge on any atom is -0.352 e. The van der Waals surface area contributed by atoms with E-state index in [0.29, 0.717) is 18.1 Å². The molecule has 0 saturated carbocycles. The van der Waals surface area contributed by atoms with E-state index in [1.165, 1.54) is 6.08 Å². The predicted octanol–water partition coefficient (Wildman–Crippen LogP) is 1.52. The summed E-state index contributed by atoms with van der Waals surface area (Å²) in [5.74, 6) is -0.138. The number of hydrogen-bond donors (Lipinski definition) is 1. The van der Waals surface area contributed by atoms with Crippen LogP contribution in [-0.4, -0.2) is 46.1 Å². The molecule has 1 aromatic heterocycles. The van der Waals surface area contributed by atoms with Crippen molar-refractivity contribution in [2.75, 3.05) is 19.6 Å². The van der Waals surface area contributed by atoms with Crippen LogP contribution < -0.4 is 5.32 Å². The summed E-state index contributed by atoms with van der Waals surface area (Å²) in [7, 11) is 1.75. The van der Waals surface area contributed by atoms with Gasteiger partial charge in [-0.1, -0.05) is 11.6 Å². The van der Waals surface area contributed by atoms with E-state index in [0.717, 1.165) is 37.2 Å². The number of nitrogens with zero attached hydrogens (tertiary/aromatic N) is 3. The van der Waals surface area contributed by atoms with Crippen molar-refractivity contribution in [3.05, 3.63) is 22.5 Å². The molecule has 1 aliphatic heterocycles. The Balaban J connectivity index is 1.78. The van der Waals surface area contributed by atoms with Gasteiger partial charge in [0.15, 0.2) is 0 Å². The molecule has 0 spiro atoms. The van der Waals surface area contributed by atoms with Crippen LogP contribution >= 0.6 is 11.6 Å². The monoisotopic (exact) mass is 324 g/mol. The van der Waals surface area contributed by atoms with E-state index in [9.17, 15) is 9.59 Å². The first kappa shape index (κ1) is 16.5. The van der Waals surface area contributed by atoms with Crippen LogP contribution in [0.4, 0.5) is 0 Å². The van der Waals surface area contributed by atoms with E-state index < -0.39 is 0 Å². The molecule has 1 fully saturated rings. The van der Waals surface area contributed by atoms with Crippen molar-refractivity contribution in [2.45, 2.75) is 26.2 Å². The first-order valence-electron chi connectivity index (χ1n) is 7.42. The fraction of sp³-hybridized carbons (Fsp3) is 0.533. The molecule has 2 heterocycles. The topological polar surface area (TPSA) is 67.2 Å². The molecule has 0 bridgehead atoms. The summed E-state index contributed by atoms with van der Waals surface area (Å²) < 4.78 is 1.56. The summed E-state index contributed by atoms with van der Waals surface area (Å²) in [5, 5.41) is 7.37. The maximum absolute atomic E-state index is 11.8. The Morgan fingerprint density at radius 1 is 1.36 bits per heavy atom. The summed E-state index contributed by atoms with van der Waals surface area (Å²) in [6, 6.07) is 0. The van der Waals surface area contributed by atoms with E-state index in [4.69, 9.17) is 11.6 Å². The second kappa shape index (κ2) is 7.45. The number of halogens is 1. The van der Waals surface area contributed by atoms with Gasteiger partial charge in [0.25, 0.3) is 0 Å². The van der Waals surface area contributed by atoms with Gasteiger partial charge in [-0.3, -0.25) is 14.3 Å². The van der Waals surface area contributed by atoms with Gasteiger partial charge in [0.2, 0.25) is 11.8 Å². The standard InChI is InChI=1S/C15H21ClN4O2/c1-11-12(15(16)19(2)18-11)5-6-13(21)17-8-7-14(22)20-9-3-4-10-20/h5-6H,3-4,7-10H2,1-2H3,(H,17,21)/b6-5+. The lowest BCUT2D eigenvalue weighted by atomic mass is 10.2. The number of nitrogens with one attached hydrogen (secondary N) is 1. The quantitative estimate of drug-likeness (QED) is 0.835. The fourth-order valence-electron chi connectivity index (χ4n) is 2.47. The SMILES string of the molecule is Cc1nn(C)c(Cl)c1/C=C/C(=O)NCCC(=O)N1CCCC1. The molecule has 2 rings (SSSR count). The molecule has 0 radical (unpaired) electrons. The number of likely N-dealkylation sites (tertiary alicyclic amines) is 1. The van der Waals surface area contributed by atoms with Crippen LogP contribution in [0.1, 0.15) is 30.5 Å². The smallest absolute Gasteiger partial charge is 0.244 e. The molecular formula is C15H21ClN4O2. The first-order valence-corrected chi connectivity index (χ1v) is 7.79. The molecular weight excluding hydrogens is 304 g/mol. The zero-order valence-electron chi connectivity index (χ0n) is 12.9. The Labute approximate surface area is 135 Å². The van der Waals surface area contributed by atoms with E-state index in [1.807, 2.05) is 11.8 Å². The molecule has 1 aliphatic rings. The Morgan fingerprint density at radius 2 is 2.05 bits per heavy atom. The molecule has 1 aromatic rings. The highest BCUT2D eigenvalue weighted by Gasteiger charge is 2.17. The summed E-state index contributed by atoms with van der Waals surface area (Å²) in [6.45, 7) is 3.85. The van der Waals surface area contributed by atoms with Gasteiger partial charge in [-0.2, -0.15) is 5.10 Å². The van der Waals surface area contributed by atoms with Crippen LogP contribution in [0, 0.1) is 6.92 Å². The lowest BCUT2D eigenvalue weighted by Gasteiger charge is -2.14. The third-order valence-corrected chi connectivity index (χ3v) is 4.14. The minimum atomic E-state index is -0.242. The highest BCUT2D eigenvalue weighted by atomic mass is 35.5. The molecule has 120 valence electrons. The van der Waals surface area contributed by atoms with Crippen molar-refractivity contribution >= 4 is 29.5 Å². The molecule has 0 aliphatic carbocycles. The van der Waals surface area contributed by atoms with Gasteiger partial charge in [-0.15, -0.1) is 0 Å². The normalized spacial score (nSPS) is 14.8. The third-order valence-electron chi connectivity index (χ3n) is 3.69. The second-order valence-electron chi connectivity index (χ2n) is 5.38. The predicted molar refractivity (Wildman–Crippen MR) is 85.4 cm³/mol. The molecule has 0 atom stereocenters. The first-order chi connectivity index (χ1) is 10.5. The fourth-order valence-corrected chi connectivity index (χ4v) is 2.71. The molecule has 7 heteroatoms. The van der Waals surface area contributed by atoms with Crippen molar-refractivity contribution in [1.82, 2.24) is 20.0 Å². The van der Waals surface area contributed by atoms with Gasteiger partial charge in [0.1, 0.15) is 5.15 Å². The third kappa shape index (κ3) is 4.10. The van der Waals surface area contributed by atoms with Gasteiger partial charge in [0.05, 0.1) is 5.69 Å². The van der Waals surface area contributed by atoms with Crippen molar-refractivity contribution in [2.24, 2.45) is 7.05 Å². The van der Waals surface area contributed by atoms with Crippen LogP contribution in [-0.2, 0) is 16.6 Å². The van der Waals surface area contributed by atoms with Crippen LogP contribution in [0.5, 0.6) is 0 Å². The number of carbonyl (C=O) groups excluding carboxylic acids is 2. The number of aryl methyl sites for hydroxylation is 2. The zero-order chi connectivity index (χ0) is 16.1. The van der Waals surface area contributed by atoms with Crippen LogP contribution in [0.25, 0.3) is 6.08 Å².